The second-order valence-electron chi connectivity index (χ2n) is 6.55. The van der Waals surface area contributed by atoms with Crippen molar-refractivity contribution in [1.29, 1.82) is 0 Å². The fraction of sp³-hybridized carbons (Fsp3) is 0.769. The summed E-state index contributed by atoms with van der Waals surface area (Å²) in [4.78, 5) is 36.4. The maximum absolute atomic E-state index is 12.4. The number of carbonyl (C=O) groups excluding carboxylic acids is 2. The summed E-state index contributed by atoms with van der Waals surface area (Å²) in [5, 5.41) is 9.10. The van der Waals surface area contributed by atoms with Gasteiger partial charge in [-0.1, -0.05) is 13.8 Å². The third kappa shape index (κ3) is 1.99. The lowest BCUT2D eigenvalue weighted by Gasteiger charge is -2.21. The third-order valence-corrected chi connectivity index (χ3v) is 4.74. The molecule has 0 aromatic carbocycles. The number of amides is 2. The van der Waals surface area contributed by atoms with Gasteiger partial charge in [-0.05, 0) is 18.8 Å². The summed E-state index contributed by atoms with van der Waals surface area (Å²) < 4.78 is 0. The zero-order valence-electron chi connectivity index (χ0n) is 11.5. The van der Waals surface area contributed by atoms with Crippen molar-refractivity contribution in [3.05, 3.63) is 0 Å². The van der Waals surface area contributed by atoms with Crippen molar-refractivity contribution >= 4 is 17.8 Å². The van der Waals surface area contributed by atoms with E-state index >= 15 is 0 Å². The molecule has 1 saturated heterocycles. The molecule has 0 spiro atoms. The molecule has 2 aliphatic rings. The van der Waals surface area contributed by atoms with Gasteiger partial charge in [0.1, 0.15) is 0 Å². The van der Waals surface area contributed by atoms with Gasteiger partial charge >= 0.3 is 5.97 Å². The molecule has 6 heteroatoms. The van der Waals surface area contributed by atoms with Gasteiger partial charge in [-0.15, -0.1) is 0 Å². The Morgan fingerprint density at radius 2 is 1.79 bits per heavy atom. The predicted octanol–water partition coefficient (Wildman–Crippen LogP) is 0.0671. The molecule has 0 aromatic rings. The lowest BCUT2D eigenvalue weighted by molar-refractivity contribution is -0.142. The Hall–Kier alpha value is -1.59. The van der Waals surface area contributed by atoms with E-state index in [0.717, 1.165) is 0 Å². The highest BCUT2D eigenvalue weighted by Gasteiger charge is 2.67. The van der Waals surface area contributed by atoms with Crippen molar-refractivity contribution < 1.29 is 19.5 Å². The number of carbonyl (C=O) groups is 3. The summed E-state index contributed by atoms with van der Waals surface area (Å²) in [5.41, 5.74) is 4.15. The summed E-state index contributed by atoms with van der Waals surface area (Å²) in [5.74, 6) is -2.61. The second-order valence-corrected chi connectivity index (χ2v) is 6.55. The van der Waals surface area contributed by atoms with Gasteiger partial charge in [0.25, 0.3) is 0 Å². The number of likely N-dealkylation sites (tertiary alicyclic amines) is 1. The molecule has 1 saturated carbocycles. The molecule has 3 atom stereocenters. The van der Waals surface area contributed by atoms with Crippen molar-refractivity contribution in [2.24, 2.45) is 28.4 Å². The number of hydrogen-bond acceptors (Lipinski definition) is 3. The Bertz CT molecular complexity index is 460. The summed E-state index contributed by atoms with van der Waals surface area (Å²) in [6, 6.07) is 0. The first kappa shape index (κ1) is 13.8. The molecule has 0 bridgehead atoms. The Morgan fingerprint density at radius 1 is 1.21 bits per heavy atom. The Balaban J connectivity index is 2.08. The number of rotatable bonds is 3. The van der Waals surface area contributed by atoms with Gasteiger partial charge in [0.05, 0.1) is 17.3 Å². The van der Waals surface area contributed by atoms with Gasteiger partial charge in [-0.2, -0.15) is 0 Å². The second kappa shape index (κ2) is 3.95. The number of nitrogens with two attached hydrogens (primary N) is 1. The van der Waals surface area contributed by atoms with Crippen LogP contribution in [0.3, 0.4) is 0 Å². The van der Waals surface area contributed by atoms with Crippen LogP contribution in [-0.4, -0.2) is 40.9 Å². The molecule has 2 amide bonds. The van der Waals surface area contributed by atoms with Gasteiger partial charge < -0.3 is 15.7 Å². The largest absolute Gasteiger partial charge is 0.481 e. The van der Waals surface area contributed by atoms with E-state index in [2.05, 4.69) is 0 Å². The Labute approximate surface area is 111 Å². The van der Waals surface area contributed by atoms with Crippen LogP contribution in [0.5, 0.6) is 0 Å². The molecule has 3 N–H and O–H groups in total. The van der Waals surface area contributed by atoms with E-state index in [1.807, 2.05) is 0 Å². The third-order valence-electron chi connectivity index (χ3n) is 4.74. The molecule has 2 rings (SSSR count). The molecular weight excluding hydrogens is 248 g/mol. The fourth-order valence-corrected chi connectivity index (χ4v) is 3.11. The molecule has 1 aliphatic heterocycles. The number of carboxylic acids is 1. The highest BCUT2D eigenvalue weighted by Crippen LogP contribution is 2.59. The van der Waals surface area contributed by atoms with Crippen LogP contribution in [-0.2, 0) is 14.4 Å². The standard InChI is InChI=1S/C13H20N2O4/c1-12(2)7(8(12)10(17)18)9(16)15-5-4-13(3,6-15)11(14)19/h7-8H,4-6H2,1-3H3,(H2,14,19)(H,17,18)/t7-,8+,13?/m1/s1. The van der Waals surface area contributed by atoms with E-state index in [4.69, 9.17) is 10.8 Å². The zero-order valence-corrected chi connectivity index (χ0v) is 11.5. The minimum atomic E-state index is -0.930. The predicted molar refractivity (Wildman–Crippen MR) is 66.9 cm³/mol. The SMILES string of the molecule is CC1(C(N)=O)CCN(C(=O)[C@H]2[C@@H](C(=O)O)C2(C)C)C1. The highest BCUT2D eigenvalue weighted by molar-refractivity contribution is 5.92. The van der Waals surface area contributed by atoms with E-state index in [0.29, 0.717) is 19.5 Å². The van der Waals surface area contributed by atoms with Crippen molar-refractivity contribution in [2.45, 2.75) is 27.2 Å². The van der Waals surface area contributed by atoms with Crippen molar-refractivity contribution in [2.75, 3.05) is 13.1 Å². The number of nitrogens with zero attached hydrogens (tertiary/aromatic N) is 1. The van der Waals surface area contributed by atoms with Crippen LogP contribution in [0.1, 0.15) is 27.2 Å². The number of primary amides is 1. The van der Waals surface area contributed by atoms with Gasteiger partial charge in [0.15, 0.2) is 0 Å². The summed E-state index contributed by atoms with van der Waals surface area (Å²) in [6.07, 6.45) is 0.541. The molecule has 6 nitrogen and oxygen atoms in total. The average molecular weight is 268 g/mol. The minimum Gasteiger partial charge on any atom is -0.481 e. The number of aliphatic carboxylic acids is 1. The summed E-state index contributed by atoms with van der Waals surface area (Å²) in [7, 11) is 0. The maximum Gasteiger partial charge on any atom is 0.307 e. The van der Waals surface area contributed by atoms with Crippen molar-refractivity contribution in [1.82, 2.24) is 4.90 Å². The van der Waals surface area contributed by atoms with Gasteiger partial charge in [0.2, 0.25) is 11.8 Å². The summed E-state index contributed by atoms with van der Waals surface area (Å²) in [6.45, 7) is 6.09. The molecule has 19 heavy (non-hydrogen) atoms. The van der Waals surface area contributed by atoms with E-state index in [1.165, 1.54) is 0 Å². The first-order valence-corrected chi connectivity index (χ1v) is 6.43. The smallest absolute Gasteiger partial charge is 0.307 e. The number of hydrogen-bond donors (Lipinski definition) is 2. The molecular formula is C13H20N2O4. The van der Waals surface area contributed by atoms with Crippen LogP contribution in [0.2, 0.25) is 0 Å². The molecule has 2 fully saturated rings. The van der Waals surface area contributed by atoms with E-state index in [-0.39, 0.29) is 5.91 Å². The molecule has 106 valence electrons. The summed E-state index contributed by atoms with van der Waals surface area (Å²) >= 11 is 0. The van der Waals surface area contributed by atoms with E-state index < -0.39 is 34.5 Å². The number of carboxylic acid groups (broad SMARTS) is 1. The van der Waals surface area contributed by atoms with Crippen LogP contribution in [0.4, 0.5) is 0 Å². The molecule has 1 aliphatic carbocycles. The van der Waals surface area contributed by atoms with Crippen molar-refractivity contribution in [3.63, 3.8) is 0 Å². The monoisotopic (exact) mass is 268 g/mol. The van der Waals surface area contributed by atoms with Crippen LogP contribution in [0.15, 0.2) is 0 Å². The zero-order chi connectivity index (χ0) is 14.6. The van der Waals surface area contributed by atoms with Gasteiger partial charge in [-0.3, -0.25) is 14.4 Å². The normalized spacial score (nSPS) is 36.1. The Morgan fingerprint density at radius 3 is 2.16 bits per heavy atom. The topological polar surface area (TPSA) is 101 Å². The fourth-order valence-electron chi connectivity index (χ4n) is 3.11. The van der Waals surface area contributed by atoms with E-state index in [1.54, 1.807) is 25.7 Å². The lowest BCUT2D eigenvalue weighted by Crippen LogP contribution is -2.39. The molecule has 1 heterocycles. The van der Waals surface area contributed by atoms with Crippen LogP contribution < -0.4 is 5.73 Å². The lowest BCUT2D eigenvalue weighted by atomic mass is 9.89. The Kier molecular flexibility index (Phi) is 2.88. The first-order valence-electron chi connectivity index (χ1n) is 6.43. The minimum absolute atomic E-state index is 0.164. The maximum atomic E-state index is 12.4. The van der Waals surface area contributed by atoms with Crippen LogP contribution >= 0.6 is 0 Å². The molecule has 0 radical (unpaired) electrons. The van der Waals surface area contributed by atoms with Gasteiger partial charge in [0, 0.05) is 13.1 Å². The quantitative estimate of drug-likeness (QED) is 0.756. The van der Waals surface area contributed by atoms with E-state index in [9.17, 15) is 14.4 Å². The van der Waals surface area contributed by atoms with Crippen LogP contribution in [0.25, 0.3) is 0 Å². The average Bonchev–Trinajstić information content (AvgIpc) is 2.66. The van der Waals surface area contributed by atoms with Crippen LogP contribution in [0, 0.1) is 22.7 Å². The molecule has 1 unspecified atom stereocenters. The first-order chi connectivity index (χ1) is 8.61. The highest BCUT2D eigenvalue weighted by atomic mass is 16.4. The van der Waals surface area contributed by atoms with Gasteiger partial charge in [-0.25, -0.2) is 0 Å². The molecule has 0 aromatic heterocycles. The van der Waals surface area contributed by atoms with Crippen molar-refractivity contribution in [3.8, 4) is 0 Å².